The molecule has 1 saturated heterocycles. The smallest absolute Gasteiger partial charge is 0.140 e. The summed E-state index contributed by atoms with van der Waals surface area (Å²) in [6.45, 7) is 10.9. The van der Waals surface area contributed by atoms with Gasteiger partial charge in [0.1, 0.15) is 5.78 Å². The van der Waals surface area contributed by atoms with E-state index in [0.717, 1.165) is 44.3 Å². The van der Waals surface area contributed by atoms with Gasteiger partial charge < -0.3 is 10.2 Å². The molecule has 0 radical (unpaired) electrons. The van der Waals surface area contributed by atoms with Crippen molar-refractivity contribution in [2.45, 2.75) is 64.2 Å². The normalized spacial score (nSPS) is 62.7. The van der Waals surface area contributed by atoms with Gasteiger partial charge >= 0.3 is 0 Å². The van der Waals surface area contributed by atoms with Crippen LogP contribution in [-0.4, -0.2) is 52.2 Å². The number of rotatable bonds is 1. The van der Waals surface area contributed by atoms with Gasteiger partial charge in [-0.25, -0.2) is 0 Å². The SMILES string of the molecule is C=C1C2C[C@]3([C@@H]1O)[C@@H]1C[C@H]4[C@@]5(C)CC[C@H](O)[C@]4([C@H]1N(CC)C5)[C@@H]3CC2=O. The van der Waals surface area contributed by atoms with Crippen LogP contribution in [0.3, 0.4) is 0 Å². The molecule has 6 aliphatic rings. The lowest BCUT2D eigenvalue weighted by Crippen LogP contribution is -2.68. The first-order valence-electron chi connectivity index (χ1n) is 10.6. The first-order valence-corrected chi connectivity index (χ1v) is 10.6. The van der Waals surface area contributed by atoms with Crippen molar-refractivity contribution >= 4 is 5.78 Å². The van der Waals surface area contributed by atoms with Crippen LogP contribution in [0.2, 0.25) is 0 Å². The number of likely N-dealkylation sites (tertiary alicyclic amines) is 1. The standard InChI is InChI=1S/C22H31NO3/c1-4-23-10-20(3)6-5-17(25)22-15(20)7-13(18(22)23)21-9-12(11(2)19(21)26)14(24)8-16(21)22/h12-13,15-19,25-26H,2,4-10H2,1,3H3/t12?,13-,15+,16-,17+,18+,19-,20+,21+,22-/m1/s1. The monoisotopic (exact) mass is 357 g/mol. The zero-order valence-corrected chi connectivity index (χ0v) is 15.9. The van der Waals surface area contributed by atoms with Gasteiger partial charge in [0.2, 0.25) is 0 Å². The Morgan fingerprint density at radius 1 is 1.31 bits per heavy atom. The van der Waals surface area contributed by atoms with Crippen LogP contribution in [0.1, 0.15) is 46.0 Å². The van der Waals surface area contributed by atoms with E-state index in [1.165, 1.54) is 0 Å². The maximum Gasteiger partial charge on any atom is 0.140 e. The summed E-state index contributed by atoms with van der Waals surface area (Å²) in [6.07, 6.45) is 3.50. The molecule has 4 nitrogen and oxygen atoms in total. The average molecular weight is 357 g/mol. The molecule has 6 fully saturated rings. The molecular weight excluding hydrogens is 326 g/mol. The Kier molecular flexibility index (Phi) is 2.80. The second-order valence-electron chi connectivity index (χ2n) is 10.7. The highest BCUT2D eigenvalue weighted by molar-refractivity contribution is 5.87. The quantitative estimate of drug-likeness (QED) is 0.705. The summed E-state index contributed by atoms with van der Waals surface area (Å²) in [5.41, 5.74) is 0.598. The topological polar surface area (TPSA) is 60.8 Å². The number of fused-ring (bicyclic) bond motifs is 1. The van der Waals surface area contributed by atoms with Gasteiger partial charge in [0.05, 0.1) is 12.2 Å². The van der Waals surface area contributed by atoms with Crippen molar-refractivity contribution in [3.63, 3.8) is 0 Å². The van der Waals surface area contributed by atoms with Gasteiger partial charge in [0.15, 0.2) is 0 Å². The van der Waals surface area contributed by atoms with E-state index in [0.29, 0.717) is 24.3 Å². The lowest BCUT2D eigenvalue weighted by atomic mass is 9.43. The van der Waals surface area contributed by atoms with Crippen LogP contribution in [0.4, 0.5) is 0 Å². The zero-order valence-electron chi connectivity index (χ0n) is 15.9. The Bertz CT molecular complexity index is 735. The van der Waals surface area contributed by atoms with Crippen molar-refractivity contribution in [1.82, 2.24) is 4.90 Å². The van der Waals surface area contributed by atoms with Crippen LogP contribution < -0.4 is 0 Å². The summed E-state index contributed by atoms with van der Waals surface area (Å²) in [5.74, 6) is 1.16. The minimum atomic E-state index is -0.561. The van der Waals surface area contributed by atoms with Gasteiger partial charge in [-0.3, -0.25) is 9.69 Å². The Morgan fingerprint density at radius 3 is 2.81 bits per heavy atom. The van der Waals surface area contributed by atoms with Crippen molar-refractivity contribution < 1.29 is 15.0 Å². The number of nitrogens with zero attached hydrogens (tertiary/aromatic N) is 1. The third kappa shape index (κ3) is 1.33. The number of Topliss-reactive ketones (excluding diaryl/α,β-unsaturated/α-hetero) is 1. The number of hydrogen-bond acceptors (Lipinski definition) is 4. The number of aliphatic hydroxyl groups is 2. The van der Waals surface area contributed by atoms with E-state index in [9.17, 15) is 15.0 Å². The fourth-order valence-electron chi connectivity index (χ4n) is 9.75. The molecule has 0 aromatic carbocycles. The first kappa shape index (κ1) is 16.3. The van der Waals surface area contributed by atoms with E-state index in [2.05, 4.69) is 25.3 Å². The summed E-state index contributed by atoms with van der Waals surface area (Å²) >= 11 is 0. The third-order valence-electron chi connectivity index (χ3n) is 10.4. The molecule has 142 valence electrons. The van der Waals surface area contributed by atoms with Crippen LogP contribution in [0.25, 0.3) is 0 Å². The van der Waals surface area contributed by atoms with E-state index in [1.807, 2.05) is 0 Å². The Hall–Kier alpha value is -0.710. The molecule has 1 aliphatic heterocycles. The van der Waals surface area contributed by atoms with Crippen LogP contribution >= 0.6 is 0 Å². The highest BCUT2D eigenvalue weighted by atomic mass is 16.3. The Labute approximate surface area is 155 Å². The third-order valence-corrected chi connectivity index (χ3v) is 10.4. The van der Waals surface area contributed by atoms with Gasteiger partial charge in [-0.15, -0.1) is 0 Å². The highest BCUT2D eigenvalue weighted by Gasteiger charge is 2.85. The number of carbonyl (C=O) groups is 1. The van der Waals surface area contributed by atoms with Gasteiger partial charge in [-0.2, -0.15) is 0 Å². The van der Waals surface area contributed by atoms with Gasteiger partial charge in [-0.05, 0) is 61.0 Å². The maximum atomic E-state index is 13.0. The number of aliphatic hydroxyl groups excluding tert-OH is 2. The zero-order chi connectivity index (χ0) is 18.2. The molecule has 0 aromatic rings. The lowest BCUT2D eigenvalue weighted by Gasteiger charge is -2.65. The molecule has 5 saturated carbocycles. The lowest BCUT2D eigenvalue weighted by molar-refractivity contribution is -0.211. The average Bonchev–Trinajstić information content (AvgIpc) is 3.14. The van der Waals surface area contributed by atoms with E-state index >= 15 is 0 Å². The van der Waals surface area contributed by atoms with E-state index in [-0.39, 0.29) is 40.0 Å². The minimum Gasteiger partial charge on any atom is -0.392 e. The predicted octanol–water partition coefficient (Wildman–Crippen LogP) is 2.00. The summed E-state index contributed by atoms with van der Waals surface area (Å²) in [7, 11) is 0. The second kappa shape index (κ2) is 4.47. The molecule has 5 aliphatic carbocycles. The molecule has 0 aromatic heterocycles. The first-order chi connectivity index (χ1) is 12.3. The van der Waals surface area contributed by atoms with Gasteiger partial charge in [-0.1, -0.05) is 20.4 Å². The van der Waals surface area contributed by atoms with Crippen LogP contribution in [0, 0.1) is 39.9 Å². The molecule has 0 amide bonds. The molecule has 7 bridgehead atoms. The van der Waals surface area contributed by atoms with Gasteiger partial charge in [0.25, 0.3) is 0 Å². The molecule has 10 atom stereocenters. The number of piperidine rings is 1. The minimum absolute atomic E-state index is 0.130. The van der Waals surface area contributed by atoms with Crippen molar-refractivity contribution in [3.8, 4) is 0 Å². The summed E-state index contributed by atoms with van der Waals surface area (Å²) in [6, 6.07) is 0.331. The maximum absolute atomic E-state index is 13.0. The summed E-state index contributed by atoms with van der Waals surface area (Å²) < 4.78 is 0. The van der Waals surface area contributed by atoms with Crippen LogP contribution in [-0.2, 0) is 4.79 Å². The fourth-order valence-corrected chi connectivity index (χ4v) is 9.75. The van der Waals surface area contributed by atoms with Crippen molar-refractivity contribution in [1.29, 1.82) is 0 Å². The van der Waals surface area contributed by atoms with E-state index < -0.39 is 6.10 Å². The highest BCUT2D eigenvalue weighted by Crippen LogP contribution is 2.83. The van der Waals surface area contributed by atoms with Crippen molar-refractivity contribution in [2.24, 2.45) is 39.9 Å². The van der Waals surface area contributed by atoms with Crippen LogP contribution in [0.15, 0.2) is 12.2 Å². The predicted molar refractivity (Wildman–Crippen MR) is 97.2 cm³/mol. The molecule has 2 N–H and O–H groups in total. The molecular formula is C22H31NO3. The van der Waals surface area contributed by atoms with Crippen molar-refractivity contribution in [2.75, 3.05) is 13.1 Å². The molecule has 1 heterocycles. The molecule has 26 heavy (non-hydrogen) atoms. The summed E-state index contributed by atoms with van der Waals surface area (Å²) in [5, 5.41) is 22.8. The summed E-state index contributed by atoms with van der Waals surface area (Å²) in [4.78, 5) is 15.6. The molecule has 2 spiro atoms. The second-order valence-corrected chi connectivity index (χ2v) is 10.7. The number of ketones is 1. The number of carbonyl (C=O) groups excluding carboxylic acids is 1. The Morgan fingerprint density at radius 2 is 2.08 bits per heavy atom. The van der Waals surface area contributed by atoms with E-state index in [1.54, 1.807) is 0 Å². The molecule has 6 rings (SSSR count). The Balaban J connectivity index is 1.62. The van der Waals surface area contributed by atoms with E-state index in [4.69, 9.17) is 0 Å². The van der Waals surface area contributed by atoms with Crippen LogP contribution in [0.5, 0.6) is 0 Å². The fraction of sp³-hybridized carbons (Fsp3) is 0.864. The van der Waals surface area contributed by atoms with Gasteiger partial charge in [0, 0.05) is 35.8 Å². The molecule has 4 heteroatoms. The van der Waals surface area contributed by atoms with Crippen molar-refractivity contribution in [3.05, 3.63) is 12.2 Å². The largest absolute Gasteiger partial charge is 0.392 e. The molecule has 1 unspecified atom stereocenters. The number of hydrogen-bond donors (Lipinski definition) is 2.